The number of aryl methyl sites for hydroxylation is 2. The fraction of sp³-hybridized carbons (Fsp3) is 0.250. The summed E-state index contributed by atoms with van der Waals surface area (Å²) in [5.74, 6) is -0.350. The van der Waals surface area contributed by atoms with Crippen LogP contribution in [-0.4, -0.2) is 19.6 Å². The molecule has 0 saturated carbocycles. The van der Waals surface area contributed by atoms with Crippen LogP contribution >= 0.6 is 0 Å². The Morgan fingerprint density at radius 3 is 2.15 bits per heavy atom. The molecule has 0 radical (unpaired) electrons. The number of imidazole rings is 1. The van der Waals surface area contributed by atoms with Gasteiger partial charge in [-0.05, 0) is 112 Å². The molecular weight excluding hydrogens is 926 g/mol. The first-order valence-electron chi connectivity index (χ1n) is 24.4. The zero-order valence-electron chi connectivity index (χ0n) is 44.4. The summed E-state index contributed by atoms with van der Waals surface area (Å²) >= 11 is 0. The minimum Gasteiger partial charge on any atom is -0.507 e. The molecule has 312 valence electrons. The maximum Gasteiger partial charge on any atom is 0.148 e. The molecule has 5 heteroatoms. The fourth-order valence-corrected chi connectivity index (χ4v) is 8.06. The van der Waals surface area contributed by atoms with Crippen molar-refractivity contribution in [1.29, 1.82) is 0 Å². The van der Waals surface area contributed by atoms with E-state index < -0.39 is 42.5 Å². The molecule has 2 heterocycles. The van der Waals surface area contributed by atoms with Crippen molar-refractivity contribution >= 4 is 11.0 Å². The Labute approximate surface area is 388 Å². The Morgan fingerprint density at radius 2 is 1.44 bits per heavy atom. The molecule has 4 nitrogen and oxygen atoms in total. The summed E-state index contributed by atoms with van der Waals surface area (Å²) in [5.41, 5.74) is 11.3. The van der Waals surface area contributed by atoms with E-state index in [1.807, 2.05) is 70.2 Å². The topological polar surface area (TPSA) is 50.9 Å². The van der Waals surface area contributed by atoms with Gasteiger partial charge < -0.3 is 5.11 Å². The molecule has 0 fully saturated rings. The Bertz CT molecular complexity index is 3290. The van der Waals surface area contributed by atoms with Crippen LogP contribution in [0.4, 0.5) is 0 Å². The van der Waals surface area contributed by atoms with E-state index >= 15 is 0 Å². The number of nitrogens with zero attached hydrogens (tertiary/aromatic N) is 3. The molecule has 0 saturated heterocycles. The van der Waals surface area contributed by atoms with Gasteiger partial charge in [0.1, 0.15) is 11.6 Å². The van der Waals surface area contributed by atoms with Crippen molar-refractivity contribution in [3.05, 3.63) is 167 Å². The number of hydrogen-bond donors (Lipinski definition) is 1. The quantitative estimate of drug-likeness (QED) is 0.162. The summed E-state index contributed by atoms with van der Waals surface area (Å²) in [7, 11) is 0. The molecule has 2 aromatic heterocycles. The molecule has 0 atom stereocenters. The van der Waals surface area contributed by atoms with Gasteiger partial charge in [-0.1, -0.05) is 151 Å². The summed E-state index contributed by atoms with van der Waals surface area (Å²) in [6.45, 7) is 17.8. The number of phenols is 1. The van der Waals surface area contributed by atoms with Crippen molar-refractivity contribution in [2.75, 3.05) is 0 Å². The van der Waals surface area contributed by atoms with Gasteiger partial charge in [-0.3, -0.25) is 9.55 Å². The maximum absolute atomic E-state index is 11.8. The predicted molar refractivity (Wildman–Crippen MR) is 252 cm³/mol. The summed E-state index contributed by atoms with van der Waals surface area (Å²) in [4.78, 5) is 10.1. The van der Waals surface area contributed by atoms with Crippen LogP contribution in [0.3, 0.4) is 0 Å². The number of aromatic nitrogens is 3. The van der Waals surface area contributed by atoms with Gasteiger partial charge in [0.15, 0.2) is 0 Å². The zero-order chi connectivity index (χ0) is 49.6. The Morgan fingerprint density at radius 1 is 0.721 bits per heavy atom. The third-order valence-corrected chi connectivity index (χ3v) is 11.2. The van der Waals surface area contributed by atoms with Crippen LogP contribution in [-0.2, 0) is 31.9 Å². The van der Waals surface area contributed by atoms with Gasteiger partial charge in [-0.25, -0.2) is 4.98 Å². The Hall–Kier alpha value is -5.57. The Kier molecular flexibility index (Phi) is 9.33. The second-order valence-corrected chi connectivity index (χ2v) is 18.1. The van der Waals surface area contributed by atoms with Crippen molar-refractivity contribution in [3.63, 3.8) is 0 Å². The third kappa shape index (κ3) is 8.53. The average molecular weight is 990 g/mol. The smallest absolute Gasteiger partial charge is 0.148 e. The van der Waals surface area contributed by atoms with E-state index in [0.717, 1.165) is 50.1 Å². The van der Waals surface area contributed by atoms with Crippen molar-refractivity contribution < 1.29 is 37.1 Å². The van der Waals surface area contributed by atoms with E-state index in [-0.39, 0.29) is 43.2 Å². The number of hydrogen-bond acceptors (Lipinski definition) is 3. The largest absolute Gasteiger partial charge is 0.507 e. The molecule has 8 aromatic rings. The van der Waals surface area contributed by atoms with E-state index in [9.17, 15) is 6.48 Å². The molecule has 8 rings (SSSR count). The molecule has 0 aliphatic rings. The average Bonchev–Trinajstić information content (AvgIpc) is 3.65. The number of aromatic hydroxyl groups is 1. The normalized spacial score (nSPS) is 14.2. The van der Waals surface area contributed by atoms with Crippen LogP contribution < -0.4 is 0 Å². The molecular formula is C56H56N3OPt-. The molecule has 1 N–H and O–H groups in total. The van der Waals surface area contributed by atoms with Gasteiger partial charge in [0, 0.05) is 44.1 Å². The number of para-hydroxylation sites is 1. The van der Waals surface area contributed by atoms with Crippen LogP contribution in [0.25, 0.3) is 72.7 Å². The minimum absolute atomic E-state index is 0. The SMILES string of the molecule is [2H]c1c([2H])c(C([2H])([2H])[2H])c([2H])c([2H])c1-c1ccnc(-c2[c-]c(-c3cccc4c3nc(-c3cc(C)cc(C)c3O)n4-c3ccc(-c4ccccc4C(C)(C)C)c(C([2H])(C)C)c3)cc(C(C)(C)C)c2)c1.[Pt]. The molecule has 0 aliphatic carbocycles. The maximum atomic E-state index is 11.8. The van der Waals surface area contributed by atoms with Gasteiger partial charge in [-0.2, -0.15) is 0 Å². The van der Waals surface area contributed by atoms with E-state index in [1.54, 1.807) is 12.1 Å². The molecule has 0 aliphatic heterocycles. The number of phenolic OH excluding ortho intramolecular Hbond substituents is 1. The standard InChI is InChI=1S/C56H56N3O.Pt/c1-34(2)47-33-43(23-24-45(47)46-15-12-13-17-49(46)56(9,10)11)59-51-18-14-16-44(52(51)58-54(59)48-28-36(4)27-37(5)53(48)60)40-29-41(31-42(30-40)55(6,7)8)50-32-39(25-26-57-50)38-21-19-35(3)20-22-38;/h12-28,30-34,60H,1-11H3;/q-1;/i3D3,19D,20D,21D,22D,34D;. The minimum atomic E-state index is -2.83. The summed E-state index contributed by atoms with van der Waals surface area (Å²) in [6, 6.07) is 33.4. The van der Waals surface area contributed by atoms with Crippen LogP contribution in [0.5, 0.6) is 5.75 Å². The molecule has 0 bridgehead atoms. The van der Waals surface area contributed by atoms with E-state index in [4.69, 9.17) is 19.6 Å². The van der Waals surface area contributed by atoms with Crippen molar-refractivity contribution in [2.45, 2.75) is 92.8 Å². The summed E-state index contributed by atoms with van der Waals surface area (Å²) < 4.78 is 69.9. The molecule has 0 amide bonds. The first-order chi connectivity index (χ1) is 31.7. The number of benzene rings is 6. The number of pyridine rings is 1. The van der Waals surface area contributed by atoms with Crippen LogP contribution in [0.15, 0.2) is 127 Å². The number of fused-ring (bicyclic) bond motifs is 1. The van der Waals surface area contributed by atoms with E-state index in [2.05, 4.69) is 94.6 Å². The van der Waals surface area contributed by atoms with Crippen LogP contribution in [0.2, 0.25) is 0 Å². The van der Waals surface area contributed by atoms with E-state index in [1.165, 1.54) is 11.8 Å². The first-order valence-corrected chi connectivity index (χ1v) is 20.4. The van der Waals surface area contributed by atoms with Crippen molar-refractivity contribution in [1.82, 2.24) is 14.5 Å². The molecule has 0 spiro atoms. The second-order valence-electron chi connectivity index (χ2n) is 18.1. The van der Waals surface area contributed by atoms with Gasteiger partial charge >= 0.3 is 0 Å². The molecule has 61 heavy (non-hydrogen) atoms. The first kappa shape index (κ1) is 34.1. The third-order valence-electron chi connectivity index (χ3n) is 11.2. The zero-order valence-corrected chi connectivity index (χ0v) is 38.7. The van der Waals surface area contributed by atoms with Gasteiger partial charge in [0.05, 0.1) is 22.1 Å². The Balaban J connectivity index is 0.00000703. The summed E-state index contributed by atoms with van der Waals surface area (Å²) in [5, 5.41) is 11.8. The van der Waals surface area contributed by atoms with Crippen molar-refractivity contribution in [2.24, 2.45) is 0 Å². The number of rotatable bonds is 7. The summed E-state index contributed by atoms with van der Waals surface area (Å²) in [6.07, 6.45) is 1.54. The van der Waals surface area contributed by atoms with Gasteiger partial charge in [0.25, 0.3) is 0 Å². The predicted octanol–water partition coefficient (Wildman–Crippen LogP) is 14.9. The molecule has 6 aromatic carbocycles. The van der Waals surface area contributed by atoms with Gasteiger partial charge in [-0.15, -0.1) is 29.3 Å². The van der Waals surface area contributed by atoms with Crippen LogP contribution in [0.1, 0.15) is 106 Å². The van der Waals surface area contributed by atoms with Crippen molar-refractivity contribution in [3.8, 4) is 67.5 Å². The van der Waals surface area contributed by atoms with E-state index in [0.29, 0.717) is 39.3 Å². The van der Waals surface area contributed by atoms with Gasteiger partial charge in [0.2, 0.25) is 0 Å². The fourth-order valence-electron chi connectivity index (χ4n) is 8.06. The molecule has 0 unspecified atom stereocenters. The second kappa shape index (κ2) is 16.7. The van der Waals surface area contributed by atoms with Crippen LogP contribution in [0, 0.1) is 26.8 Å². The monoisotopic (exact) mass is 989 g/mol.